The number of aryl methyl sites for hydroxylation is 1. The molecule has 1 aromatic heterocycles. The molecular weight excluding hydrogens is 158 g/mol. The van der Waals surface area contributed by atoms with Crippen LogP contribution < -0.4 is 0 Å². The van der Waals surface area contributed by atoms with E-state index in [-0.39, 0.29) is 0 Å². The van der Waals surface area contributed by atoms with E-state index in [0.29, 0.717) is 5.15 Å². The maximum absolute atomic E-state index is 5.71. The van der Waals surface area contributed by atoms with Crippen LogP contribution in [0.3, 0.4) is 0 Å². The maximum Gasteiger partial charge on any atom is 0.129 e. The van der Waals surface area contributed by atoms with Gasteiger partial charge in [0.2, 0.25) is 0 Å². The molecule has 0 aliphatic carbocycles. The fraction of sp³-hybridized carbons (Fsp3) is 0.444. The Morgan fingerprint density at radius 1 is 1.45 bits per heavy atom. The molecule has 0 amide bonds. The lowest BCUT2D eigenvalue weighted by molar-refractivity contribution is 0.777. The summed E-state index contributed by atoms with van der Waals surface area (Å²) in [5.41, 5.74) is 1.10. The van der Waals surface area contributed by atoms with Crippen molar-refractivity contribution >= 4 is 11.6 Å². The fourth-order valence-corrected chi connectivity index (χ4v) is 1.13. The molecule has 0 aromatic carbocycles. The second kappa shape index (κ2) is 4.35. The van der Waals surface area contributed by atoms with Crippen LogP contribution in [0.25, 0.3) is 0 Å². The highest BCUT2D eigenvalue weighted by Crippen LogP contribution is 2.07. The summed E-state index contributed by atoms with van der Waals surface area (Å²) >= 11 is 5.71. The SMILES string of the molecule is CCCCc1cccc(Cl)n1. The summed E-state index contributed by atoms with van der Waals surface area (Å²) in [6.45, 7) is 2.17. The molecule has 0 bridgehead atoms. The highest BCUT2D eigenvalue weighted by molar-refractivity contribution is 6.29. The molecule has 1 heterocycles. The van der Waals surface area contributed by atoms with E-state index >= 15 is 0 Å². The molecule has 0 spiro atoms. The molecule has 0 saturated carbocycles. The Hall–Kier alpha value is -0.560. The second-order valence-corrected chi connectivity index (χ2v) is 2.94. The van der Waals surface area contributed by atoms with Crippen LogP contribution in [0.4, 0.5) is 0 Å². The van der Waals surface area contributed by atoms with Crippen LogP contribution in [0.1, 0.15) is 25.5 Å². The van der Waals surface area contributed by atoms with Crippen LogP contribution in [0.15, 0.2) is 18.2 Å². The topological polar surface area (TPSA) is 12.9 Å². The summed E-state index contributed by atoms with van der Waals surface area (Å²) < 4.78 is 0. The van der Waals surface area contributed by atoms with Crippen molar-refractivity contribution in [1.82, 2.24) is 4.98 Å². The third-order valence-electron chi connectivity index (χ3n) is 1.56. The molecular formula is C9H12ClN. The van der Waals surface area contributed by atoms with E-state index < -0.39 is 0 Å². The summed E-state index contributed by atoms with van der Waals surface area (Å²) in [5, 5.41) is 0.596. The Labute approximate surface area is 72.4 Å². The average molecular weight is 170 g/mol. The number of nitrogens with zero attached hydrogens (tertiary/aromatic N) is 1. The van der Waals surface area contributed by atoms with Gasteiger partial charge in [-0.15, -0.1) is 0 Å². The highest BCUT2D eigenvalue weighted by atomic mass is 35.5. The Morgan fingerprint density at radius 3 is 2.91 bits per heavy atom. The van der Waals surface area contributed by atoms with Gasteiger partial charge >= 0.3 is 0 Å². The van der Waals surface area contributed by atoms with E-state index in [9.17, 15) is 0 Å². The van der Waals surface area contributed by atoms with Crippen LogP contribution in [-0.4, -0.2) is 4.98 Å². The van der Waals surface area contributed by atoms with Crippen LogP contribution in [0.2, 0.25) is 5.15 Å². The molecule has 11 heavy (non-hydrogen) atoms. The van der Waals surface area contributed by atoms with E-state index in [1.165, 1.54) is 12.8 Å². The van der Waals surface area contributed by atoms with Crippen molar-refractivity contribution in [2.75, 3.05) is 0 Å². The van der Waals surface area contributed by atoms with Gasteiger partial charge in [-0.3, -0.25) is 0 Å². The molecule has 0 unspecified atom stereocenters. The second-order valence-electron chi connectivity index (χ2n) is 2.56. The molecule has 0 fully saturated rings. The summed E-state index contributed by atoms with van der Waals surface area (Å²) in [6.07, 6.45) is 3.43. The van der Waals surface area contributed by atoms with Gasteiger partial charge in [-0.2, -0.15) is 0 Å². The molecule has 0 aliphatic heterocycles. The number of hydrogen-bond acceptors (Lipinski definition) is 1. The van der Waals surface area contributed by atoms with E-state index in [2.05, 4.69) is 11.9 Å². The van der Waals surface area contributed by atoms with Gasteiger partial charge in [0.15, 0.2) is 0 Å². The average Bonchev–Trinajstić information content (AvgIpc) is 2.01. The van der Waals surface area contributed by atoms with Crippen molar-refractivity contribution in [2.45, 2.75) is 26.2 Å². The van der Waals surface area contributed by atoms with Crippen molar-refractivity contribution < 1.29 is 0 Å². The summed E-state index contributed by atoms with van der Waals surface area (Å²) in [6, 6.07) is 5.76. The Bertz CT molecular complexity index is 223. The zero-order valence-electron chi connectivity index (χ0n) is 6.68. The van der Waals surface area contributed by atoms with E-state index in [0.717, 1.165) is 12.1 Å². The van der Waals surface area contributed by atoms with E-state index in [1.807, 2.05) is 12.1 Å². The first kappa shape index (κ1) is 8.54. The van der Waals surface area contributed by atoms with E-state index in [1.54, 1.807) is 6.07 Å². The number of pyridine rings is 1. The first-order valence-electron chi connectivity index (χ1n) is 3.94. The monoisotopic (exact) mass is 169 g/mol. The number of hydrogen-bond donors (Lipinski definition) is 0. The number of unbranched alkanes of at least 4 members (excludes halogenated alkanes) is 1. The number of rotatable bonds is 3. The molecule has 0 aliphatic rings. The van der Waals surface area contributed by atoms with E-state index in [4.69, 9.17) is 11.6 Å². The molecule has 0 saturated heterocycles. The lowest BCUT2D eigenvalue weighted by Gasteiger charge is -1.97. The predicted octanol–water partition coefficient (Wildman–Crippen LogP) is 3.08. The molecule has 0 radical (unpaired) electrons. The predicted molar refractivity (Wildman–Crippen MR) is 47.9 cm³/mol. The van der Waals surface area contributed by atoms with Crippen LogP contribution in [0, 0.1) is 0 Å². The van der Waals surface area contributed by atoms with Crippen LogP contribution in [-0.2, 0) is 6.42 Å². The van der Waals surface area contributed by atoms with Gasteiger partial charge in [0.25, 0.3) is 0 Å². The summed E-state index contributed by atoms with van der Waals surface area (Å²) in [7, 11) is 0. The Kier molecular flexibility index (Phi) is 3.37. The van der Waals surface area contributed by atoms with Crippen molar-refractivity contribution in [3.63, 3.8) is 0 Å². The van der Waals surface area contributed by atoms with Gasteiger partial charge < -0.3 is 0 Å². The first-order chi connectivity index (χ1) is 5.33. The van der Waals surface area contributed by atoms with Crippen molar-refractivity contribution in [2.24, 2.45) is 0 Å². The Morgan fingerprint density at radius 2 is 2.27 bits per heavy atom. The molecule has 0 N–H and O–H groups in total. The summed E-state index contributed by atoms with van der Waals surface area (Å²) in [4.78, 5) is 4.18. The molecule has 2 heteroatoms. The number of halogens is 1. The standard InChI is InChI=1S/C9H12ClN/c1-2-3-5-8-6-4-7-9(10)11-8/h4,6-7H,2-3,5H2,1H3. The lowest BCUT2D eigenvalue weighted by Crippen LogP contribution is -1.88. The number of aromatic nitrogens is 1. The minimum Gasteiger partial charge on any atom is -0.241 e. The van der Waals surface area contributed by atoms with Crippen LogP contribution >= 0.6 is 11.6 Å². The van der Waals surface area contributed by atoms with Gasteiger partial charge in [-0.25, -0.2) is 4.98 Å². The Balaban J connectivity index is 2.56. The van der Waals surface area contributed by atoms with Gasteiger partial charge in [0, 0.05) is 5.69 Å². The van der Waals surface area contributed by atoms with Crippen molar-refractivity contribution in [1.29, 1.82) is 0 Å². The van der Waals surface area contributed by atoms with Crippen molar-refractivity contribution in [3.8, 4) is 0 Å². The third kappa shape index (κ3) is 2.89. The van der Waals surface area contributed by atoms with Crippen LogP contribution in [0.5, 0.6) is 0 Å². The van der Waals surface area contributed by atoms with Gasteiger partial charge in [-0.1, -0.05) is 31.0 Å². The van der Waals surface area contributed by atoms with Gasteiger partial charge in [0.05, 0.1) is 0 Å². The van der Waals surface area contributed by atoms with Crippen molar-refractivity contribution in [3.05, 3.63) is 29.0 Å². The normalized spacial score (nSPS) is 10.0. The zero-order chi connectivity index (χ0) is 8.10. The maximum atomic E-state index is 5.71. The summed E-state index contributed by atoms with van der Waals surface area (Å²) in [5.74, 6) is 0. The smallest absolute Gasteiger partial charge is 0.129 e. The fourth-order valence-electron chi connectivity index (χ4n) is 0.947. The third-order valence-corrected chi connectivity index (χ3v) is 1.77. The molecule has 0 atom stereocenters. The van der Waals surface area contributed by atoms with Gasteiger partial charge in [0.1, 0.15) is 5.15 Å². The minimum absolute atomic E-state index is 0.596. The first-order valence-corrected chi connectivity index (χ1v) is 4.32. The molecule has 1 aromatic rings. The lowest BCUT2D eigenvalue weighted by atomic mass is 10.2. The quantitative estimate of drug-likeness (QED) is 0.634. The highest BCUT2D eigenvalue weighted by Gasteiger charge is 1.93. The molecule has 1 nitrogen and oxygen atoms in total. The molecule has 60 valence electrons. The minimum atomic E-state index is 0.596. The zero-order valence-corrected chi connectivity index (χ0v) is 7.43. The molecule has 1 rings (SSSR count). The van der Waals surface area contributed by atoms with Gasteiger partial charge in [-0.05, 0) is 25.0 Å². The largest absolute Gasteiger partial charge is 0.241 e.